The monoisotopic (exact) mass is 288 g/mol. The van der Waals surface area contributed by atoms with E-state index in [0.717, 1.165) is 51.1 Å². The lowest BCUT2D eigenvalue weighted by atomic mass is 9.82. The summed E-state index contributed by atoms with van der Waals surface area (Å²) in [5.41, 5.74) is 2.44. The van der Waals surface area contributed by atoms with Gasteiger partial charge in [-0.1, -0.05) is 25.1 Å². The van der Waals surface area contributed by atoms with Gasteiger partial charge in [-0.2, -0.15) is 0 Å². The van der Waals surface area contributed by atoms with Gasteiger partial charge in [0.2, 0.25) is 5.91 Å². The van der Waals surface area contributed by atoms with Crippen LogP contribution in [0.4, 0.5) is 5.69 Å². The minimum Gasteiger partial charge on any atom is -0.381 e. The second-order valence-corrected chi connectivity index (χ2v) is 6.54. The van der Waals surface area contributed by atoms with E-state index < -0.39 is 0 Å². The van der Waals surface area contributed by atoms with Gasteiger partial charge >= 0.3 is 0 Å². The Morgan fingerprint density at radius 1 is 1.33 bits per heavy atom. The zero-order valence-electron chi connectivity index (χ0n) is 12.7. The Hall–Kier alpha value is -1.39. The summed E-state index contributed by atoms with van der Waals surface area (Å²) in [6.07, 6.45) is 3.92. The van der Waals surface area contributed by atoms with E-state index in [1.54, 1.807) is 0 Å². The van der Waals surface area contributed by atoms with Crippen LogP contribution in [-0.2, 0) is 16.0 Å². The van der Waals surface area contributed by atoms with Crippen molar-refractivity contribution >= 4 is 11.6 Å². The Balaban J connectivity index is 1.61. The van der Waals surface area contributed by atoms with Gasteiger partial charge in [0, 0.05) is 25.4 Å². The second kappa shape index (κ2) is 6.16. The number of benzene rings is 1. The lowest BCUT2D eigenvalue weighted by molar-refractivity contribution is -0.118. The number of ether oxygens (including phenoxy) is 1. The van der Waals surface area contributed by atoms with Crippen LogP contribution < -0.4 is 10.6 Å². The number of carbonyl (C=O) groups excluding carboxylic acids is 1. The van der Waals surface area contributed by atoms with Crippen molar-refractivity contribution in [1.29, 1.82) is 0 Å². The molecule has 2 aliphatic rings. The highest BCUT2D eigenvalue weighted by Gasteiger charge is 2.30. The fraction of sp³-hybridized carbons (Fsp3) is 0.588. The van der Waals surface area contributed by atoms with Gasteiger partial charge in [-0.15, -0.1) is 0 Å². The summed E-state index contributed by atoms with van der Waals surface area (Å²) in [6, 6.07) is 7.97. The van der Waals surface area contributed by atoms with E-state index in [9.17, 15) is 4.79 Å². The molecule has 114 valence electrons. The van der Waals surface area contributed by atoms with Gasteiger partial charge in [-0.25, -0.2) is 0 Å². The SMILES string of the molecule is CC1(CNC2CCc3ccccc3NC2=O)CCOCC1. The summed E-state index contributed by atoms with van der Waals surface area (Å²) in [6.45, 7) is 4.83. The lowest BCUT2D eigenvalue weighted by Gasteiger charge is -2.34. The summed E-state index contributed by atoms with van der Waals surface area (Å²) >= 11 is 0. The first kappa shape index (κ1) is 14.5. The number of aryl methyl sites for hydroxylation is 1. The van der Waals surface area contributed by atoms with Crippen LogP contribution in [0.25, 0.3) is 0 Å². The largest absolute Gasteiger partial charge is 0.381 e. The molecule has 21 heavy (non-hydrogen) atoms. The predicted octanol–water partition coefficient (Wildman–Crippen LogP) is 2.35. The Morgan fingerprint density at radius 2 is 2.10 bits per heavy atom. The molecule has 0 aromatic heterocycles. The van der Waals surface area contributed by atoms with Crippen molar-refractivity contribution in [2.75, 3.05) is 25.1 Å². The van der Waals surface area contributed by atoms with Crippen molar-refractivity contribution < 1.29 is 9.53 Å². The van der Waals surface area contributed by atoms with Crippen LogP contribution >= 0.6 is 0 Å². The average Bonchev–Trinajstić information content (AvgIpc) is 2.64. The van der Waals surface area contributed by atoms with Crippen LogP contribution in [-0.4, -0.2) is 31.7 Å². The van der Waals surface area contributed by atoms with E-state index in [2.05, 4.69) is 23.6 Å². The van der Waals surface area contributed by atoms with Crippen molar-refractivity contribution in [3.63, 3.8) is 0 Å². The number of hydrogen-bond acceptors (Lipinski definition) is 3. The first-order chi connectivity index (χ1) is 10.2. The van der Waals surface area contributed by atoms with Crippen molar-refractivity contribution in [1.82, 2.24) is 5.32 Å². The molecule has 1 aromatic rings. The number of carbonyl (C=O) groups is 1. The third-order valence-electron chi connectivity index (χ3n) is 4.77. The van der Waals surface area contributed by atoms with Crippen molar-refractivity contribution in [3.05, 3.63) is 29.8 Å². The molecule has 1 amide bonds. The van der Waals surface area contributed by atoms with E-state index in [0.29, 0.717) is 0 Å². The summed E-state index contributed by atoms with van der Waals surface area (Å²) in [5.74, 6) is 0.0932. The third kappa shape index (κ3) is 3.44. The Labute approximate surface area is 126 Å². The molecule has 1 fully saturated rings. The summed E-state index contributed by atoms with van der Waals surface area (Å²) in [7, 11) is 0. The maximum atomic E-state index is 12.4. The first-order valence-electron chi connectivity index (χ1n) is 7.86. The molecule has 0 saturated carbocycles. The van der Waals surface area contributed by atoms with Gasteiger partial charge in [-0.3, -0.25) is 4.79 Å². The smallest absolute Gasteiger partial charge is 0.241 e. The first-order valence-corrected chi connectivity index (χ1v) is 7.86. The van der Waals surface area contributed by atoms with Crippen LogP contribution in [0.3, 0.4) is 0 Å². The molecule has 0 spiro atoms. The summed E-state index contributed by atoms with van der Waals surface area (Å²) in [4.78, 5) is 12.4. The molecule has 3 rings (SSSR count). The van der Waals surface area contributed by atoms with E-state index in [4.69, 9.17) is 4.74 Å². The van der Waals surface area contributed by atoms with E-state index >= 15 is 0 Å². The quantitative estimate of drug-likeness (QED) is 0.897. The zero-order chi connectivity index (χ0) is 14.7. The molecule has 4 nitrogen and oxygen atoms in total. The molecule has 1 aromatic carbocycles. The number of nitrogens with one attached hydrogen (secondary N) is 2. The molecule has 1 unspecified atom stereocenters. The molecule has 2 aliphatic heterocycles. The molecule has 1 atom stereocenters. The number of amides is 1. The molecule has 0 radical (unpaired) electrons. The van der Waals surface area contributed by atoms with Gasteiger partial charge in [0.15, 0.2) is 0 Å². The lowest BCUT2D eigenvalue weighted by Crippen LogP contribution is -2.46. The molecule has 2 N–H and O–H groups in total. The summed E-state index contributed by atoms with van der Waals surface area (Å²) < 4.78 is 5.43. The number of fused-ring (bicyclic) bond motifs is 1. The van der Waals surface area contributed by atoms with Gasteiger partial charge in [0.25, 0.3) is 0 Å². The molecule has 1 saturated heterocycles. The van der Waals surface area contributed by atoms with Crippen molar-refractivity contribution in [2.45, 2.75) is 38.6 Å². The topological polar surface area (TPSA) is 50.4 Å². The van der Waals surface area contributed by atoms with Crippen molar-refractivity contribution in [2.24, 2.45) is 5.41 Å². The van der Waals surface area contributed by atoms with E-state index in [-0.39, 0.29) is 17.4 Å². The average molecular weight is 288 g/mol. The number of rotatable bonds is 3. The second-order valence-electron chi connectivity index (χ2n) is 6.54. The molecule has 4 heteroatoms. The zero-order valence-corrected chi connectivity index (χ0v) is 12.7. The maximum absolute atomic E-state index is 12.4. The molecule has 0 bridgehead atoms. The molecular formula is C17H24N2O2. The molecule has 2 heterocycles. The highest BCUT2D eigenvalue weighted by Crippen LogP contribution is 2.29. The number of anilines is 1. The van der Waals surface area contributed by atoms with Crippen LogP contribution in [0.15, 0.2) is 24.3 Å². The highest BCUT2D eigenvalue weighted by atomic mass is 16.5. The van der Waals surface area contributed by atoms with Gasteiger partial charge in [-0.05, 0) is 42.7 Å². The Morgan fingerprint density at radius 3 is 2.90 bits per heavy atom. The fourth-order valence-electron chi connectivity index (χ4n) is 3.12. The summed E-state index contributed by atoms with van der Waals surface area (Å²) in [5, 5.41) is 6.54. The molecular weight excluding hydrogens is 264 g/mol. The standard InChI is InChI=1S/C17H24N2O2/c1-17(8-10-21-11-9-17)12-18-15-7-6-13-4-2-3-5-14(13)19-16(15)20/h2-5,15,18H,6-12H2,1H3,(H,19,20). The van der Waals surface area contributed by atoms with Gasteiger partial charge < -0.3 is 15.4 Å². The van der Waals surface area contributed by atoms with Crippen LogP contribution in [0.5, 0.6) is 0 Å². The third-order valence-corrected chi connectivity index (χ3v) is 4.77. The van der Waals surface area contributed by atoms with Gasteiger partial charge in [0.05, 0.1) is 6.04 Å². The number of hydrogen-bond donors (Lipinski definition) is 2. The minimum absolute atomic E-state index is 0.0932. The fourth-order valence-corrected chi connectivity index (χ4v) is 3.12. The van der Waals surface area contributed by atoms with Gasteiger partial charge in [0.1, 0.15) is 0 Å². The maximum Gasteiger partial charge on any atom is 0.241 e. The van der Waals surface area contributed by atoms with E-state index in [1.807, 2.05) is 18.2 Å². The molecule has 0 aliphatic carbocycles. The van der Waals surface area contributed by atoms with Crippen molar-refractivity contribution in [3.8, 4) is 0 Å². The Kier molecular flexibility index (Phi) is 4.27. The van der Waals surface area contributed by atoms with E-state index in [1.165, 1.54) is 5.56 Å². The highest BCUT2D eigenvalue weighted by molar-refractivity contribution is 5.96. The predicted molar refractivity (Wildman–Crippen MR) is 83.3 cm³/mol. The Bertz CT molecular complexity index is 509. The number of para-hydroxylation sites is 1. The van der Waals surface area contributed by atoms with Crippen LogP contribution in [0, 0.1) is 5.41 Å². The normalized spacial score (nSPS) is 24.8. The van der Waals surface area contributed by atoms with Crippen LogP contribution in [0.2, 0.25) is 0 Å². The van der Waals surface area contributed by atoms with Crippen LogP contribution in [0.1, 0.15) is 31.7 Å². The minimum atomic E-state index is -0.0999.